The third-order valence-electron chi connectivity index (χ3n) is 5.28. The lowest BCUT2D eigenvalue weighted by Crippen LogP contribution is -2.39. The van der Waals surface area contributed by atoms with Crippen LogP contribution in [0.3, 0.4) is 0 Å². The Bertz CT molecular complexity index is 1020. The van der Waals surface area contributed by atoms with Gasteiger partial charge in [0.25, 0.3) is 5.91 Å². The molecule has 2 aromatic rings. The number of nitrogens with one attached hydrogen (secondary N) is 1. The largest absolute Gasteiger partial charge is 0.478 e. The Morgan fingerprint density at radius 2 is 1.87 bits per heavy atom. The maximum absolute atomic E-state index is 12.8. The van der Waals surface area contributed by atoms with Gasteiger partial charge in [0.05, 0.1) is 11.9 Å². The summed E-state index contributed by atoms with van der Waals surface area (Å²) < 4.78 is 31.6. The van der Waals surface area contributed by atoms with Gasteiger partial charge in [-0.3, -0.25) is 9.10 Å². The minimum Gasteiger partial charge on any atom is -0.478 e. The lowest BCUT2D eigenvalue weighted by Gasteiger charge is -2.21. The van der Waals surface area contributed by atoms with E-state index in [0.717, 1.165) is 30.6 Å². The number of anilines is 2. The first kappa shape index (κ1) is 23.2. The van der Waals surface area contributed by atoms with Crippen molar-refractivity contribution in [2.45, 2.75) is 32.9 Å². The number of nitrogens with zero attached hydrogens (tertiary/aromatic N) is 2. The van der Waals surface area contributed by atoms with Crippen LogP contribution in [0.15, 0.2) is 42.5 Å². The predicted molar refractivity (Wildman–Crippen MR) is 125 cm³/mol. The average Bonchev–Trinajstić information content (AvgIpc) is 2.93. The van der Waals surface area contributed by atoms with E-state index in [1.807, 2.05) is 24.3 Å². The van der Waals surface area contributed by atoms with E-state index >= 15 is 0 Å². The van der Waals surface area contributed by atoms with E-state index in [1.165, 1.54) is 10.4 Å². The quantitative estimate of drug-likeness (QED) is 0.677. The van der Waals surface area contributed by atoms with Gasteiger partial charge in [-0.15, -0.1) is 0 Å². The molecule has 168 valence electrons. The van der Waals surface area contributed by atoms with Gasteiger partial charge in [-0.25, -0.2) is 8.42 Å². The summed E-state index contributed by atoms with van der Waals surface area (Å²) in [6.45, 7) is 6.58. The molecule has 0 fully saturated rings. The van der Waals surface area contributed by atoms with E-state index < -0.39 is 16.1 Å². The second-order valence-electron chi connectivity index (χ2n) is 7.40. The van der Waals surface area contributed by atoms with Crippen LogP contribution in [0.1, 0.15) is 25.8 Å². The number of hydrogen-bond donors (Lipinski definition) is 1. The maximum Gasteiger partial charge on any atom is 0.261 e. The van der Waals surface area contributed by atoms with Crippen LogP contribution in [0.4, 0.5) is 11.4 Å². The second kappa shape index (κ2) is 9.78. The summed E-state index contributed by atoms with van der Waals surface area (Å²) in [5, 5.41) is 3.29. The van der Waals surface area contributed by atoms with Gasteiger partial charge >= 0.3 is 0 Å². The Kier molecular flexibility index (Phi) is 7.33. The third-order valence-corrected chi connectivity index (χ3v) is 6.69. The lowest BCUT2D eigenvalue weighted by atomic mass is 10.1. The van der Waals surface area contributed by atoms with Crippen molar-refractivity contribution in [1.29, 1.82) is 0 Å². The normalized spacial score (nSPS) is 16.1. The molecule has 3 rings (SSSR count). The smallest absolute Gasteiger partial charge is 0.261 e. The first-order chi connectivity index (χ1) is 14.7. The number of benzene rings is 2. The zero-order valence-electron chi connectivity index (χ0n) is 18.0. The molecule has 1 aliphatic heterocycles. The molecule has 31 heavy (non-hydrogen) atoms. The molecule has 0 spiro atoms. The summed E-state index contributed by atoms with van der Waals surface area (Å²) in [4.78, 5) is 15.0. The average molecular weight is 466 g/mol. The fourth-order valence-corrected chi connectivity index (χ4v) is 4.70. The first-order valence-corrected chi connectivity index (χ1v) is 12.5. The van der Waals surface area contributed by atoms with Crippen molar-refractivity contribution in [3.63, 3.8) is 0 Å². The number of ether oxygens (including phenoxy) is 1. The van der Waals surface area contributed by atoms with Crippen molar-refractivity contribution in [3.8, 4) is 5.75 Å². The summed E-state index contributed by atoms with van der Waals surface area (Å²) >= 11 is 6.05. The molecule has 0 saturated heterocycles. The molecule has 9 heteroatoms. The number of sulfonamides is 1. The first-order valence-electron chi connectivity index (χ1n) is 10.3. The number of hydrogen-bond acceptors (Lipinski definition) is 5. The van der Waals surface area contributed by atoms with E-state index in [9.17, 15) is 13.2 Å². The molecule has 0 bridgehead atoms. The van der Waals surface area contributed by atoms with Gasteiger partial charge in [-0.1, -0.05) is 23.7 Å². The summed E-state index contributed by atoms with van der Waals surface area (Å²) in [7, 11) is -3.54. The Labute approximate surface area is 189 Å². The molecule has 1 N–H and O–H groups in total. The highest BCUT2D eigenvalue weighted by Gasteiger charge is 2.31. The van der Waals surface area contributed by atoms with Gasteiger partial charge in [0, 0.05) is 43.3 Å². The number of amides is 1. The Hall–Kier alpha value is -2.45. The molecule has 1 heterocycles. The highest BCUT2D eigenvalue weighted by molar-refractivity contribution is 7.92. The van der Waals surface area contributed by atoms with E-state index in [-0.39, 0.29) is 18.9 Å². The van der Waals surface area contributed by atoms with Crippen LogP contribution >= 0.6 is 11.6 Å². The number of halogens is 1. The van der Waals surface area contributed by atoms with Gasteiger partial charge in [-0.05, 0) is 49.7 Å². The van der Waals surface area contributed by atoms with Crippen LogP contribution in [0, 0.1) is 0 Å². The van der Waals surface area contributed by atoms with Gasteiger partial charge in [0.15, 0.2) is 6.10 Å². The molecule has 7 nitrogen and oxygen atoms in total. The Morgan fingerprint density at radius 3 is 2.48 bits per heavy atom. The minimum absolute atomic E-state index is 0.128. The predicted octanol–water partition coefficient (Wildman–Crippen LogP) is 3.42. The zero-order valence-corrected chi connectivity index (χ0v) is 19.5. The molecule has 1 amide bonds. The molecular formula is C22H28ClN3O4S. The van der Waals surface area contributed by atoms with Gasteiger partial charge in [0.1, 0.15) is 5.75 Å². The molecule has 0 unspecified atom stereocenters. The molecular weight excluding hydrogens is 438 g/mol. The Balaban J connectivity index is 1.69. The third kappa shape index (κ3) is 5.62. The van der Waals surface area contributed by atoms with Crippen molar-refractivity contribution >= 4 is 38.9 Å². The van der Waals surface area contributed by atoms with Crippen LogP contribution in [0.5, 0.6) is 5.75 Å². The monoisotopic (exact) mass is 465 g/mol. The standard InChI is InChI=1S/C22H28ClN3O4S/c1-4-25(5-2)18-9-6-16(7-10-18)15-24-22(27)21-12-13-26(31(3,28)29)19-14-17(23)8-11-20(19)30-21/h6-11,14,21H,4-5,12-13,15H2,1-3H3,(H,24,27)/t21-/m1/s1. The fourth-order valence-electron chi connectivity index (χ4n) is 3.60. The highest BCUT2D eigenvalue weighted by Crippen LogP contribution is 2.36. The van der Waals surface area contributed by atoms with E-state index in [0.29, 0.717) is 23.0 Å². The summed E-state index contributed by atoms with van der Waals surface area (Å²) in [6, 6.07) is 12.8. The van der Waals surface area contributed by atoms with Gasteiger partial charge in [0.2, 0.25) is 10.0 Å². The topological polar surface area (TPSA) is 79.0 Å². The number of rotatable bonds is 7. The van der Waals surface area contributed by atoms with Crippen molar-refractivity contribution in [2.24, 2.45) is 0 Å². The van der Waals surface area contributed by atoms with Crippen LogP contribution in [0.2, 0.25) is 5.02 Å². The molecule has 0 aromatic heterocycles. The molecule has 0 radical (unpaired) electrons. The SMILES string of the molecule is CCN(CC)c1ccc(CNC(=O)[C@H]2CCN(S(C)(=O)=O)c3cc(Cl)ccc3O2)cc1. The highest BCUT2D eigenvalue weighted by atomic mass is 35.5. The number of fused-ring (bicyclic) bond motifs is 1. The van der Waals surface area contributed by atoms with Crippen LogP contribution in [0.25, 0.3) is 0 Å². The van der Waals surface area contributed by atoms with Crippen molar-refractivity contribution in [1.82, 2.24) is 5.32 Å². The molecule has 0 saturated carbocycles. The van der Waals surface area contributed by atoms with Crippen molar-refractivity contribution < 1.29 is 17.9 Å². The molecule has 1 atom stereocenters. The molecule has 2 aromatic carbocycles. The van der Waals surface area contributed by atoms with Crippen molar-refractivity contribution in [2.75, 3.05) is 35.1 Å². The summed E-state index contributed by atoms with van der Waals surface area (Å²) in [5.41, 5.74) is 2.46. The second-order valence-corrected chi connectivity index (χ2v) is 9.74. The van der Waals surface area contributed by atoms with Crippen molar-refractivity contribution in [3.05, 3.63) is 53.1 Å². The summed E-state index contributed by atoms with van der Waals surface area (Å²) in [6.07, 6.45) is 0.549. The van der Waals surface area contributed by atoms with Crippen LogP contribution in [-0.4, -0.2) is 46.3 Å². The van der Waals surface area contributed by atoms with Crippen LogP contribution < -0.4 is 19.3 Å². The van der Waals surface area contributed by atoms with E-state index in [4.69, 9.17) is 16.3 Å². The minimum atomic E-state index is -3.54. The number of carbonyl (C=O) groups is 1. The lowest BCUT2D eigenvalue weighted by molar-refractivity contribution is -0.128. The maximum atomic E-state index is 12.8. The van der Waals surface area contributed by atoms with Gasteiger partial charge < -0.3 is 15.0 Å². The van der Waals surface area contributed by atoms with E-state index in [1.54, 1.807) is 12.1 Å². The van der Waals surface area contributed by atoms with E-state index in [2.05, 4.69) is 24.1 Å². The fraction of sp³-hybridized carbons (Fsp3) is 0.409. The Morgan fingerprint density at radius 1 is 1.19 bits per heavy atom. The van der Waals surface area contributed by atoms with Gasteiger partial charge in [-0.2, -0.15) is 0 Å². The summed E-state index contributed by atoms with van der Waals surface area (Å²) in [5.74, 6) is 0.0279. The molecule has 0 aliphatic carbocycles. The van der Waals surface area contributed by atoms with Crippen LogP contribution in [-0.2, 0) is 21.4 Å². The number of carbonyl (C=O) groups excluding carboxylic acids is 1. The molecule has 1 aliphatic rings. The zero-order chi connectivity index (χ0) is 22.6.